The van der Waals surface area contributed by atoms with E-state index in [1.165, 1.54) is 0 Å². The summed E-state index contributed by atoms with van der Waals surface area (Å²) in [5.74, 6) is 1.71. The zero-order valence-corrected chi connectivity index (χ0v) is 13.3. The zero-order chi connectivity index (χ0) is 15.8. The van der Waals surface area contributed by atoms with Gasteiger partial charge in [-0.1, -0.05) is 0 Å². The molecule has 0 spiro atoms. The van der Waals surface area contributed by atoms with Crippen LogP contribution < -0.4 is 24.8 Å². The lowest BCUT2D eigenvalue weighted by molar-refractivity contribution is -0.121. The lowest BCUT2D eigenvalue weighted by atomic mass is 10.2. The number of rotatable bonds is 8. The van der Waals surface area contributed by atoms with Gasteiger partial charge in [0, 0.05) is 36.8 Å². The van der Waals surface area contributed by atoms with E-state index in [1.807, 2.05) is 26.0 Å². The maximum absolute atomic E-state index is 11.6. The van der Waals surface area contributed by atoms with Crippen molar-refractivity contribution in [2.24, 2.45) is 0 Å². The van der Waals surface area contributed by atoms with Crippen LogP contribution in [0.4, 0.5) is 5.69 Å². The predicted octanol–water partition coefficient (Wildman–Crippen LogP) is 2.04. The highest BCUT2D eigenvalue weighted by molar-refractivity contribution is 5.76. The smallest absolute Gasteiger partial charge is 0.221 e. The Balaban J connectivity index is 2.69. The van der Waals surface area contributed by atoms with Crippen molar-refractivity contribution < 1.29 is 19.0 Å². The number of ether oxygens (including phenoxy) is 3. The minimum atomic E-state index is 0.0185. The molecule has 6 nitrogen and oxygen atoms in total. The first kappa shape index (κ1) is 16.9. The van der Waals surface area contributed by atoms with Crippen LogP contribution in [0, 0.1) is 0 Å². The molecular weight excluding hydrogens is 272 g/mol. The number of hydrogen-bond acceptors (Lipinski definition) is 5. The van der Waals surface area contributed by atoms with Crippen LogP contribution in [-0.2, 0) is 4.79 Å². The molecule has 1 aromatic carbocycles. The summed E-state index contributed by atoms with van der Waals surface area (Å²) >= 11 is 0. The third kappa shape index (κ3) is 5.06. The van der Waals surface area contributed by atoms with Gasteiger partial charge in [-0.25, -0.2) is 0 Å². The maximum Gasteiger partial charge on any atom is 0.221 e. The van der Waals surface area contributed by atoms with Crippen LogP contribution in [0.15, 0.2) is 12.1 Å². The largest absolute Gasteiger partial charge is 0.493 e. The van der Waals surface area contributed by atoms with Gasteiger partial charge in [0.2, 0.25) is 11.7 Å². The van der Waals surface area contributed by atoms with Gasteiger partial charge in [-0.2, -0.15) is 0 Å². The highest BCUT2D eigenvalue weighted by atomic mass is 16.5. The zero-order valence-electron chi connectivity index (χ0n) is 13.3. The molecule has 1 rings (SSSR count). The summed E-state index contributed by atoms with van der Waals surface area (Å²) in [7, 11) is 4.69. The van der Waals surface area contributed by atoms with E-state index in [-0.39, 0.29) is 11.9 Å². The van der Waals surface area contributed by atoms with E-state index in [9.17, 15) is 4.79 Å². The molecule has 21 heavy (non-hydrogen) atoms. The molecule has 1 amide bonds. The highest BCUT2D eigenvalue weighted by Gasteiger charge is 2.13. The summed E-state index contributed by atoms with van der Waals surface area (Å²) in [5.41, 5.74) is 0.807. The van der Waals surface area contributed by atoms with Crippen molar-refractivity contribution in [1.29, 1.82) is 0 Å². The first-order valence-corrected chi connectivity index (χ1v) is 6.85. The van der Waals surface area contributed by atoms with Gasteiger partial charge in [0.25, 0.3) is 0 Å². The van der Waals surface area contributed by atoms with Crippen molar-refractivity contribution in [3.05, 3.63) is 12.1 Å². The van der Waals surface area contributed by atoms with Gasteiger partial charge in [0.1, 0.15) is 0 Å². The Morgan fingerprint density at radius 3 is 2.10 bits per heavy atom. The second-order valence-electron chi connectivity index (χ2n) is 4.81. The average Bonchev–Trinajstić information content (AvgIpc) is 2.45. The van der Waals surface area contributed by atoms with Crippen LogP contribution in [0.1, 0.15) is 20.3 Å². The van der Waals surface area contributed by atoms with Gasteiger partial charge < -0.3 is 24.8 Å². The SMILES string of the molecule is COc1cc(NCCC(=O)NC(C)C)cc(OC)c1OC. The normalized spacial score (nSPS) is 10.2. The fraction of sp³-hybridized carbons (Fsp3) is 0.533. The molecular formula is C15H24N2O4. The van der Waals surface area contributed by atoms with E-state index in [1.54, 1.807) is 21.3 Å². The Kier molecular flexibility index (Phi) is 6.65. The fourth-order valence-corrected chi connectivity index (χ4v) is 1.90. The van der Waals surface area contributed by atoms with E-state index in [0.29, 0.717) is 30.2 Å². The van der Waals surface area contributed by atoms with Crippen LogP contribution in [0.2, 0.25) is 0 Å². The van der Waals surface area contributed by atoms with Gasteiger partial charge in [-0.3, -0.25) is 4.79 Å². The van der Waals surface area contributed by atoms with E-state index >= 15 is 0 Å². The first-order chi connectivity index (χ1) is 10.0. The van der Waals surface area contributed by atoms with Crippen LogP contribution >= 0.6 is 0 Å². The lowest BCUT2D eigenvalue weighted by Gasteiger charge is -2.15. The van der Waals surface area contributed by atoms with Crippen molar-refractivity contribution in [2.45, 2.75) is 26.3 Å². The Labute approximate surface area is 125 Å². The molecule has 6 heteroatoms. The number of hydrogen-bond donors (Lipinski definition) is 2. The van der Waals surface area contributed by atoms with Crippen molar-refractivity contribution in [2.75, 3.05) is 33.2 Å². The molecule has 0 aliphatic rings. The van der Waals surface area contributed by atoms with Crippen LogP contribution in [0.25, 0.3) is 0 Å². The number of carbonyl (C=O) groups excluding carboxylic acids is 1. The number of benzene rings is 1. The first-order valence-electron chi connectivity index (χ1n) is 6.85. The third-order valence-electron chi connectivity index (χ3n) is 2.80. The molecule has 0 bridgehead atoms. The third-order valence-corrected chi connectivity index (χ3v) is 2.80. The minimum Gasteiger partial charge on any atom is -0.493 e. The molecule has 0 saturated heterocycles. The lowest BCUT2D eigenvalue weighted by Crippen LogP contribution is -2.31. The number of methoxy groups -OCH3 is 3. The topological polar surface area (TPSA) is 68.8 Å². The molecule has 0 saturated carbocycles. The van der Waals surface area contributed by atoms with Gasteiger partial charge in [0.15, 0.2) is 11.5 Å². The van der Waals surface area contributed by atoms with Gasteiger partial charge in [-0.15, -0.1) is 0 Å². The molecule has 0 aromatic heterocycles. The maximum atomic E-state index is 11.6. The monoisotopic (exact) mass is 296 g/mol. The van der Waals surface area contributed by atoms with E-state index in [0.717, 1.165) is 5.69 Å². The fourth-order valence-electron chi connectivity index (χ4n) is 1.90. The van der Waals surface area contributed by atoms with E-state index in [2.05, 4.69) is 10.6 Å². The number of carbonyl (C=O) groups is 1. The molecule has 0 atom stereocenters. The molecule has 0 aliphatic heterocycles. The second kappa shape index (κ2) is 8.24. The molecule has 1 aromatic rings. The summed E-state index contributed by atoms with van der Waals surface area (Å²) < 4.78 is 15.8. The van der Waals surface area contributed by atoms with Crippen LogP contribution in [0.5, 0.6) is 17.2 Å². The van der Waals surface area contributed by atoms with Crippen LogP contribution in [-0.4, -0.2) is 39.8 Å². The summed E-state index contributed by atoms with van der Waals surface area (Å²) in [6, 6.07) is 3.77. The standard InChI is InChI=1S/C15H24N2O4/c1-10(2)17-14(18)6-7-16-11-8-12(19-3)15(21-5)13(9-11)20-4/h8-10,16H,6-7H2,1-5H3,(H,17,18). The summed E-state index contributed by atoms with van der Waals surface area (Å²) in [6.07, 6.45) is 0.398. The van der Waals surface area contributed by atoms with Crippen molar-refractivity contribution in [1.82, 2.24) is 5.32 Å². The Bertz CT molecular complexity index is 450. The Morgan fingerprint density at radius 1 is 1.10 bits per heavy atom. The van der Waals surface area contributed by atoms with Gasteiger partial charge in [0.05, 0.1) is 21.3 Å². The number of nitrogens with one attached hydrogen (secondary N) is 2. The van der Waals surface area contributed by atoms with E-state index < -0.39 is 0 Å². The summed E-state index contributed by atoms with van der Waals surface area (Å²) in [4.78, 5) is 11.6. The Hall–Kier alpha value is -2.11. The summed E-state index contributed by atoms with van der Waals surface area (Å²) in [6.45, 7) is 4.40. The molecule has 2 N–H and O–H groups in total. The molecule has 0 fully saturated rings. The van der Waals surface area contributed by atoms with Gasteiger partial charge >= 0.3 is 0 Å². The molecule has 0 aliphatic carbocycles. The Morgan fingerprint density at radius 2 is 1.67 bits per heavy atom. The molecule has 0 heterocycles. The number of amides is 1. The predicted molar refractivity (Wildman–Crippen MR) is 82.5 cm³/mol. The molecule has 0 radical (unpaired) electrons. The molecule has 118 valence electrons. The van der Waals surface area contributed by atoms with Crippen LogP contribution in [0.3, 0.4) is 0 Å². The summed E-state index contributed by atoms with van der Waals surface area (Å²) in [5, 5.41) is 6.02. The van der Waals surface area contributed by atoms with Crippen molar-refractivity contribution >= 4 is 11.6 Å². The number of anilines is 1. The molecule has 0 unspecified atom stereocenters. The quantitative estimate of drug-likeness (QED) is 0.768. The average molecular weight is 296 g/mol. The van der Waals surface area contributed by atoms with Crippen molar-refractivity contribution in [3.8, 4) is 17.2 Å². The highest BCUT2D eigenvalue weighted by Crippen LogP contribution is 2.39. The minimum absolute atomic E-state index is 0.0185. The van der Waals surface area contributed by atoms with Crippen molar-refractivity contribution in [3.63, 3.8) is 0 Å². The second-order valence-corrected chi connectivity index (χ2v) is 4.81. The van der Waals surface area contributed by atoms with E-state index in [4.69, 9.17) is 14.2 Å². The van der Waals surface area contributed by atoms with Gasteiger partial charge in [-0.05, 0) is 13.8 Å².